The fourth-order valence-electron chi connectivity index (χ4n) is 4.78. The van der Waals surface area contributed by atoms with Crippen LogP contribution in [0.3, 0.4) is 0 Å². The molecular weight excluding hydrogens is 352 g/mol. The zero-order chi connectivity index (χ0) is 18.7. The number of imide groups is 1. The predicted octanol–water partition coefficient (Wildman–Crippen LogP) is 2.39. The Morgan fingerprint density at radius 3 is 2.81 bits per heavy atom. The smallest absolute Gasteiger partial charge is 0.323 e. The Kier molecular flexibility index (Phi) is 3.73. The SMILES string of the molecule is C[C@H]1CC(C)(C)C[C@]2(C1)NC(=O)N(Cc1cc(=O)n3ccsc3n1)C2=O. The second kappa shape index (κ2) is 5.64. The Morgan fingerprint density at radius 1 is 1.31 bits per heavy atom. The van der Waals surface area contributed by atoms with E-state index < -0.39 is 11.6 Å². The second-order valence-corrected chi connectivity index (χ2v) is 9.27. The van der Waals surface area contributed by atoms with Gasteiger partial charge in [0.15, 0.2) is 4.96 Å². The first kappa shape index (κ1) is 17.2. The molecule has 2 fully saturated rings. The van der Waals surface area contributed by atoms with Crippen molar-refractivity contribution in [2.24, 2.45) is 11.3 Å². The minimum atomic E-state index is -0.833. The first-order valence-corrected chi connectivity index (χ1v) is 9.67. The summed E-state index contributed by atoms with van der Waals surface area (Å²) >= 11 is 1.34. The van der Waals surface area contributed by atoms with Crippen LogP contribution in [0.4, 0.5) is 4.79 Å². The number of hydrogen-bond donors (Lipinski definition) is 1. The molecule has 2 aromatic rings. The minimum absolute atomic E-state index is 0.0103. The van der Waals surface area contributed by atoms with Crippen LogP contribution >= 0.6 is 11.3 Å². The lowest BCUT2D eigenvalue weighted by molar-refractivity contribution is -0.135. The number of fused-ring (bicyclic) bond motifs is 1. The molecule has 0 radical (unpaired) electrons. The van der Waals surface area contributed by atoms with Gasteiger partial charge in [-0.25, -0.2) is 9.78 Å². The van der Waals surface area contributed by atoms with Crippen molar-refractivity contribution < 1.29 is 9.59 Å². The molecule has 2 aliphatic rings. The summed E-state index contributed by atoms with van der Waals surface area (Å²) in [6, 6.07) is 0.992. The van der Waals surface area contributed by atoms with E-state index in [0.717, 1.165) is 6.42 Å². The van der Waals surface area contributed by atoms with Crippen LogP contribution < -0.4 is 10.9 Å². The third-order valence-corrected chi connectivity index (χ3v) is 6.06. The Bertz CT molecular complexity index is 963. The molecule has 3 amide bonds. The first-order chi connectivity index (χ1) is 12.2. The van der Waals surface area contributed by atoms with E-state index in [1.165, 1.54) is 26.7 Å². The summed E-state index contributed by atoms with van der Waals surface area (Å²) in [6.07, 6.45) is 3.97. The molecule has 1 N–H and O–H groups in total. The van der Waals surface area contributed by atoms with Gasteiger partial charge in [-0.1, -0.05) is 20.8 Å². The summed E-state index contributed by atoms with van der Waals surface area (Å²) in [7, 11) is 0. The molecule has 2 aromatic heterocycles. The molecule has 1 saturated carbocycles. The number of amides is 3. The maximum atomic E-state index is 13.2. The van der Waals surface area contributed by atoms with E-state index in [2.05, 4.69) is 31.1 Å². The highest BCUT2D eigenvalue weighted by atomic mass is 32.1. The van der Waals surface area contributed by atoms with Crippen LogP contribution in [-0.2, 0) is 11.3 Å². The second-order valence-electron chi connectivity index (χ2n) is 8.40. The molecule has 1 spiro atoms. The maximum Gasteiger partial charge on any atom is 0.325 e. The van der Waals surface area contributed by atoms with Gasteiger partial charge in [-0.2, -0.15) is 0 Å². The van der Waals surface area contributed by atoms with Gasteiger partial charge in [0.25, 0.3) is 11.5 Å². The van der Waals surface area contributed by atoms with E-state index >= 15 is 0 Å². The molecule has 138 valence electrons. The number of hydrogen-bond acceptors (Lipinski definition) is 5. The van der Waals surface area contributed by atoms with Crippen molar-refractivity contribution in [3.05, 3.63) is 33.7 Å². The van der Waals surface area contributed by atoms with Crippen molar-refractivity contribution in [2.75, 3.05) is 0 Å². The van der Waals surface area contributed by atoms with Crippen LogP contribution in [-0.4, -0.2) is 31.8 Å². The van der Waals surface area contributed by atoms with E-state index in [1.807, 2.05) is 0 Å². The molecule has 1 saturated heterocycles. The van der Waals surface area contributed by atoms with E-state index in [0.29, 0.717) is 29.4 Å². The lowest BCUT2D eigenvalue weighted by atomic mass is 9.64. The number of nitrogens with zero attached hydrogens (tertiary/aromatic N) is 3. The van der Waals surface area contributed by atoms with Crippen LogP contribution in [0.5, 0.6) is 0 Å². The maximum absolute atomic E-state index is 13.2. The molecule has 1 aliphatic heterocycles. The fraction of sp³-hybridized carbons (Fsp3) is 0.556. The average molecular weight is 374 g/mol. The van der Waals surface area contributed by atoms with Gasteiger partial charge >= 0.3 is 6.03 Å². The molecule has 0 aromatic carbocycles. The Balaban J connectivity index is 1.64. The van der Waals surface area contributed by atoms with Gasteiger partial charge in [0.2, 0.25) is 0 Å². The predicted molar refractivity (Wildman–Crippen MR) is 97.9 cm³/mol. The van der Waals surface area contributed by atoms with Crippen molar-refractivity contribution in [2.45, 2.75) is 52.1 Å². The van der Waals surface area contributed by atoms with Gasteiger partial charge in [0.1, 0.15) is 5.54 Å². The van der Waals surface area contributed by atoms with E-state index in [1.54, 1.807) is 11.6 Å². The summed E-state index contributed by atoms with van der Waals surface area (Å²) in [6.45, 7) is 6.42. The number of urea groups is 1. The third-order valence-electron chi connectivity index (χ3n) is 5.30. The van der Waals surface area contributed by atoms with Gasteiger partial charge in [0, 0.05) is 17.6 Å². The molecule has 8 heteroatoms. The molecular formula is C18H22N4O3S. The summed E-state index contributed by atoms with van der Waals surface area (Å²) in [5.74, 6) is 0.156. The van der Waals surface area contributed by atoms with Crippen molar-refractivity contribution in [3.8, 4) is 0 Å². The lowest BCUT2D eigenvalue weighted by Gasteiger charge is -2.43. The number of carbonyl (C=O) groups excluding carboxylic acids is 2. The summed E-state index contributed by atoms with van der Waals surface area (Å²) in [4.78, 5) is 44.1. The number of carbonyl (C=O) groups is 2. The highest BCUT2D eigenvalue weighted by molar-refractivity contribution is 7.15. The summed E-state index contributed by atoms with van der Waals surface area (Å²) in [5, 5.41) is 4.73. The normalized spacial score (nSPS) is 28.1. The van der Waals surface area contributed by atoms with Crippen LogP contribution in [0.15, 0.2) is 22.4 Å². The van der Waals surface area contributed by atoms with Crippen LogP contribution in [0.25, 0.3) is 4.96 Å². The van der Waals surface area contributed by atoms with E-state index in [4.69, 9.17) is 0 Å². The van der Waals surface area contributed by atoms with Crippen molar-refractivity contribution in [1.29, 1.82) is 0 Å². The number of thiazole rings is 1. The van der Waals surface area contributed by atoms with Crippen LogP contribution in [0.1, 0.15) is 45.7 Å². The van der Waals surface area contributed by atoms with Crippen molar-refractivity contribution >= 4 is 28.2 Å². The largest absolute Gasteiger partial charge is 0.325 e. The zero-order valence-corrected chi connectivity index (χ0v) is 15.9. The molecule has 0 unspecified atom stereocenters. The Morgan fingerprint density at radius 2 is 2.08 bits per heavy atom. The first-order valence-electron chi connectivity index (χ1n) is 8.79. The number of rotatable bonds is 2. The average Bonchev–Trinajstić information content (AvgIpc) is 3.05. The van der Waals surface area contributed by atoms with E-state index in [-0.39, 0.29) is 23.4 Å². The molecule has 3 heterocycles. The summed E-state index contributed by atoms with van der Waals surface area (Å²) < 4.78 is 1.45. The quantitative estimate of drug-likeness (QED) is 0.818. The molecule has 4 rings (SSSR count). The van der Waals surface area contributed by atoms with Gasteiger partial charge < -0.3 is 5.32 Å². The zero-order valence-electron chi connectivity index (χ0n) is 15.1. The molecule has 7 nitrogen and oxygen atoms in total. The van der Waals surface area contributed by atoms with Gasteiger partial charge in [-0.3, -0.25) is 18.9 Å². The Labute approximate surface area is 155 Å². The van der Waals surface area contributed by atoms with Crippen LogP contribution in [0.2, 0.25) is 0 Å². The third kappa shape index (κ3) is 2.72. The standard InChI is InChI=1S/C18H22N4O3S/c1-11-7-17(2,3)10-18(8-11)14(24)22(15(25)20-18)9-12-6-13(23)21-4-5-26-16(21)19-12/h4-6,11H,7-10H2,1-3H3,(H,20,25)/t11-,18-/m0/s1. The van der Waals surface area contributed by atoms with E-state index in [9.17, 15) is 14.4 Å². The molecule has 1 aliphatic carbocycles. The van der Waals surface area contributed by atoms with Crippen molar-refractivity contribution in [3.63, 3.8) is 0 Å². The van der Waals surface area contributed by atoms with Gasteiger partial charge in [-0.15, -0.1) is 11.3 Å². The monoisotopic (exact) mass is 374 g/mol. The molecule has 0 bridgehead atoms. The number of nitrogens with one attached hydrogen (secondary N) is 1. The highest BCUT2D eigenvalue weighted by Gasteiger charge is 2.56. The van der Waals surface area contributed by atoms with Gasteiger partial charge in [0.05, 0.1) is 12.2 Å². The van der Waals surface area contributed by atoms with Crippen molar-refractivity contribution in [1.82, 2.24) is 19.6 Å². The molecule has 2 atom stereocenters. The molecule has 26 heavy (non-hydrogen) atoms. The van der Waals surface area contributed by atoms with Crippen LogP contribution in [0, 0.1) is 11.3 Å². The topological polar surface area (TPSA) is 83.8 Å². The minimum Gasteiger partial charge on any atom is -0.323 e. The highest BCUT2D eigenvalue weighted by Crippen LogP contribution is 2.46. The lowest BCUT2D eigenvalue weighted by Crippen LogP contribution is -2.54. The van der Waals surface area contributed by atoms with Gasteiger partial charge in [-0.05, 0) is 30.6 Å². The number of aromatic nitrogens is 2. The summed E-state index contributed by atoms with van der Waals surface area (Å²) in [5.41, 5.74) is -0.620. The Hall–Kier alpha value is -2.22. The fourth-order valence-corrected chi connectivity index (χ4v) is 5.52.